The van der Waals surface area contributed by atoms with Crippen molar-refractivity contribution in [2.24, 2.45) is 0 Å². The number of amides is 1. The normalized spacial score (nSPS) is 17.0. The van der Waals surface area contributed by atoms with Gasteiger partial charge in [-0.25, -0.2) is 9.78 Å². The van der Waals surface area contributed by atoms with Crippen molar-refractivity contribution in [3.05, 3.63) is 23.5 Å². The predicted molar refractivity (Wildman–Crippen MR) is 70.2 cm³/mol. The molecule has 0 bridgehead atoms. The van der Waals surface area contributed by atoms with Crippen LogP contribution in [0, 0.1) is 6.92 Å². The lowest BCUT2D eigenvalue weighted by atomic mass is 9.90. The number of carbonyl (C=O) groups is 1. The maximum atomic E-state index is 10.9. The van der Waals surface area contributed by atoms with Crippen LogP contribution in [-0.4, -0.2) is 44.4 Å². The highest BCUT2D eigenvalue weighted by atomic mass is 16.4. The van der Waals surface area contributed by atoms with E-state index in [1.807, 2.05) is 0 Å². The molecule has 1 aliphatic heterocycles. The van der Waals surface area contributed by atoms with E-state index in [-0.39, 0.29) is 0 Å². The van der Waals surface area contributed by atoms with Crippen molar-refractivity contribution in [1.29, 1.82) is 0 Å². The van der Waals surface area contributed by atoms with Crippen LogP contribution in [-0.2, 0) is 0 Å². The van der Waals surface area contributed by atoms with Gasteiger partial charge < -0.3 is 10.0 Å². The molecule has 1 aliphatic rings. The van der Waals surface area contributed by atoms with E-state index in [2.05, 4.69) is 28.2 Å². The number of H-pyrrole nitrogens is 1. The van der Waals surface area contributed by atoms with Crippen molar-refractivity contribution in [3.63, 3.8) is 0 Å². The van der Waals surface area contributed by atoms with Crippen molar-refractivity contribution in [1.82, 2.24) is 20.1 Å². The molecule has 0 atom stereocenters. The second kappa shape index (κ2) is 4.53. The minimum Gasteiger partial charge on any atom is -0.465 e. The molecule has 6 nitrogen and oxygen atoms in total. The van der Waals surface area contributed by atoms with Crippen molar-refractivity contribution in [3.8, 4) is 0 Å². The van der Waals surface area contributed by atoms with Gasteiger partial charge in [-0.3, -0.25) is 5.10 Å². The van der Waals surface area contributed by atoms with Gasteiger partial charge in [-0.15, -0.1) is 0 Å². The molecule has 100 valence electrons. The number of aryl methyl sites for hydroxylation is 1. The third-order valence-electron chi connectivity index (χ3n) is 3.81. The van der Waals surface area contributed by atoms with Gasteiger partial charge in [-0.05, 0) is 31.4 Å². The molecule has 19 heavy (non-hydrogen) atoms. The first-order valence-corrected chi connectivity index (χ1v) is 6.43. The molecule has 2 aromatic heterocycles. The first-order chi connectivity index (χ1) is 9.15. The van der Waals surface area contributed by atoms with Crippen LogP contribution in [0.1, 0.15) is 30.0 Å². The highest BCUT2D eigenvalue weighted by molar-refractivity contribution is 5.75. The Morgan fingerprint density at radius 1 is 1.47 bits per heavy atom. The van der Waals surface area contributed by atoms with Crippen LogP contribution in [0.15, 0.2) is 12.3 Å². The van der Waals surface area contributed by atoms with Gasteiger partial charge in [-0.1, -0.05) is 0 Å². The number of carboxylic acid groups (broad SMARTS) is 1. The Labute approximate surface area is 110 Å². The van der Waals surface area contributed by atoms with Crippen molar-refractivity contribution < 1.29 is 9.90 Å². The van der Waals surface area contributed by atoms with Crippen molar-refractivity contribution in [2.75, 3.05) is 13.1 Å². The molecular formula is C13H16N4O2. The molecule has 0 aliphatic carbocycles. The molecule has 2 aromatic rings. The fourth-order valence-electron chi connectivity index (χ4n) is 2.76. The molecule has 3 rings (SSSR count). The molecule has 1 saturated heterocycles. The molecule has 0 radical (unpaired) electrons. The molecule has 1 amide bonds. The summed E-state index contributed by atoms with van der Waals surface area (Å²) in [5.41, 5.74) is 3.03. The number of piperidine rings is 1. The fourth-order valence-corrected chi connectivity index (χ4v) is 2.76. The summed E-state index contributed by atoms with van der Waals surface area (Å²) < 4.78 is 0. The summed E-state index contributed by atoms with van der Waals surface area (Å²) in [6.45, 7) is 3.22. The highest BCUT2D eigenvalue weighted by Crippen LogP contribution is 2.30. The molecule has 3 heterocycles. The minimum atomic E-state index is -0.827. The summed E-state index contributed by atoms with van der Waals surface area (Å²) in [4.78, 5) is 17.0. The lowest BCUT2D eigenvalue weighted by molar-refractivity contribution is 0.131. The Morgan fingerprint density at radius 3 is 2.89 bits per heavy atom. The van der Waals surface area contributed by atoms with Gasteiger partial charge in [-0.2, -0.15) is 5.10 Å². The SMILES string of the molecule is Cc1cc2cn[nH]c2nc1C1CCN(C(=O)O)CC1. The van der Waals surface area contributed by atoms with Crippen LogP contribution in [0.25, 0.3) is 11.0 Å². The zero-order valence-electron chi connectivity index (χ0n) is 10.8. The second-order valence-corrected chi connectivity index (χ2v) is 5.04. The number of likely N-dealkylation sites (tertiary alicyclic amines) is 1. The third kappa shape index (κ3) is 2.14. The summed E-state index contributed by atoms with van der Waals surface area (Å²) in [5.74, 6) is 0.336. The Morgan fingerprint density at radius 2 is 2.21 bits per heavy atom. The van der Waals surface area contributed by atoms with Crippen LogP contribution in [0.2, 0.25) is 0 Å². The van der Waals surface area contributed by atoms with Crippen LogP contribution in [0.4, 0.5) is 4.79 Å². The predicted octanol–water partition coefficient (Wildman–Crippen LogP) is 2.12. The fraction of sp³-hybridized carbons (Fsp3) is 0.462. The summed E-state index contributed by atoms with van der Waals surface area (Å²) in [6.07, 6.45) is 2.61. The maximum Gasteiger partial charge on any atom is 0.407 e. The number of aromatic amines is 1. The number of fused-ring (bicyclic) bond motifs is 1. The number of pyridine rings is 1. The summed E-state index contributed by atoms with van der Waals surface area (Å²) >= 11 is 0. The lowest BCUT2D eigenvalue weighted by Crippen LogP contribution is -2.37. The molecular weight excluding hydrogens is 244 g/mol. The van der Waals surface area contributed by atoms with E-state index in [1.165, 1.54) is 4.90 Å². The Kier molecular flexibility index (Phi) is 2.85. The average Bonchev–Trinajstić information content (AvgIpc) is 2.85. The van der Waals surface area contributed by atoms with Crippen molar-refractivity contribution >= 4 is 17.1 Å². The largest absolute Gasteiger partial charge is 0.465 e. The Hall–Kier alpha value is -2.11. The standard InChI is InChI=1S/C13H16N4O2/c1-8-6-10-7-14-16-12(10)15-11(8)9-2-4-17(5-3-9)13(18)19/h6-7,9H,2-5H2,1H3,(H,18,19)(H,14,15,16). The van der Waals surface area contributed by atoms with Crippen LogP contribution in [0.5, 0.6) is 0 Å². The number of nitrogens with zero attached hydrogens (tertiary/aromatic N) is 3. The van der Waals surface area contributed by atoms with Gasteiger partial charge in [0, 0.05) is 30.1 Å². The summed E-state index contributed by atoms with van der Waals surface area (Å²) in [5, 5.41) is 16.9. The van der Waals surface area contributed by atoms with Gasteiger partial charge >= 0.3 is 6.09 Å². The van der Waals surface area contributed by atoms with Gasteiger partial charge in [0.25, 0.3) is 0 Å². The van der Waals surface area contributed by atoms with E-state index in [1.54, 1.807) is 6.20 Å². The van der Waals surface area contributed by atoms with E-state index in [0.717, 1.165) is 35.1 Å². The van der Waals surface area contributed by atoms with Crippen molar-refractivity contribution in [2.45, 2.75) is 25.7 Å². The Bertz CT molecular complexity index is 614. The van der Waals surface area contributed by atoms with E-state index in [9.17, 15) is 4.79 Å². The highest BCUT2D eigenvalue weighted by Gasteiger charge is 2.25. The molecule has 0 aromatic carbocycles. The number of rotatable bonds is 1. The van der Waals surface area contributed by atoms with Gasteiger partial charge in [0.05, 0.1) is 6.20 Å². The molecule has 2 N–H and O–H groups in total. The molecule has 0 unspecified atom stereocenters. The first kappa shape index (κ1) is 12.0. The maximum absolute atomic E-state index is 10.9. The zero-order chi connectivity index (χ0) is 13.4. The number of hydrogen-bond donors (Lipinski definition) is 2. The average molecular weight is 260 g/mol. The second-order valence-electron chi connectivity index (χ2n) is 5.04. The number of hydrogen-bond acceptors (Lipinski definition) is 3. The number of nitrogens with one attached hydrogen (secondary N) is 1. The molecule has 0 saturated carbocycles. The van der Waals surface area contributed by atoms with Crippen LogP contribution < -0.4 is 0 Å². The van der Waals surface area contributed by atoms with Crippen LogP contribution >= 0.6 is 0 Å². The van der Waals surface area contributed by atoms with E-state index in [0.29, 0.717) is 19.0 Å². The minimum absolute atomic E-state index is 0.336. The third-order valence-corrected chi connectivity index (χ3v) is 3.81. The number of aromatic nitrogens is 3. The molecule has 0 spiro atoms. The Balaban J connectivity index is 1.85. The van der Waals surface area contributed by atoms with Gasteiger partial charge in [0.15, 0.2) is 5.65 Å². The van der Waals surface area contributed by atoms with E-state index in [4.69, 9.17) is 5.11 Å². The quantitative estimate of drug-likeness (QED) is 0.822. The summed E-state index contributed by atoms with van der Waals surface area (Å²) in [6, 6.07) is 2.09. The molecule has 1 fully saturated rings. The first-order valence-electron chi connectivity index (χ1n) is 6.43. The monoisotopic (exact) mass is 260 g/mol. The zero-order valence-corrected chi connectivity index (χ0v) is 10.8. The van der Waals surface area contributed by atoms with Gasteiger partial charge in [0.2, 0.25) is 0 Å². The smallest absolute Gasteiger partial charge is 0.407 e. The summed E-state index contributed by atoms with van der Waals surface area (Å²) in [7, 11) is 0. The van der Waals surface area contributed by atoms with E-state index >= 15 is 0 Å². The lowest BCUT2D eigenvalue weighted by Gasteiger charge is -2.30. The van der Waals surface area contributed by atoms with Gasteiger partial charge in [0.1, 0.15) is 0 Å². The van der Waals surface area contributed by atoms with E-state index < -0.39 is 6.09 Å². The topological polar surface area (TPSA) is 82.1 Å². The van der Waals surface area contributed by atoms with Crippen LogP contribution in [0.3, 0.4) is 0 Å². The molecule has 6 heteroatoms.